The zero-order valence-electron chi connectivity index (χ0n) is 18.5. The van der Waals surface area contributed by atoms with Crippen LogP contribution in [0.5, 0.6) is 11.5 Å². The first-order chi connectivity index (χ1) is 16.5. The Morgan fingerprint density at radius 1 is 1.06 bits per heavy atom. The summed E-state index contributed by atoms with van der Waals surface area (Å²) in [6.45, 7) is 0.385. The number of benzene rings is 2. The SMILES string of the molecule is O=C(CCc1nc2sc3c(c2c(=O)[nH]1)CCCC3)NCc1ccc(Oc2ccc(F)cc2)cc1. The van der Waals surface area contributed by atoms with Crippen LogP contribution in [0.1, 0.15) is 41.1 Å². The van der Waals surface area contributed by atoms with Gasteiger partial charge in [0.25, 0.3) is 5.56 Å². The number of nitrogens with zero attached hydrogens (tertiary/aromatic N) is 1. The van der Waals surface area contributed by atoms with Gasteiger partial charge >= 0.3 is 0 Å². The fourth-order valence-electron chi connectivity index (χ4n) is 4.16. The number of aromatic nitrogens is 2. The first kappa shape index (κ1) is 22.3. The highest BCUT2D eigenvalue weighted by molar-refractivity contribution is 7.18. The first-order valence-corrected chi connectivity index (χ1v) is 12.2. The molecule has 4 aromatic rings. The number of hydrogen-bond acceptors (Lipinski definition) is 5. The molecular formula is C26H24FN3O3S. The maximum atomic E-state index is 13.0. The number of rotatable bonds is 7. The van der Waals surface area contributed by atoms with Crippen molar-refractivity contribution in [1.29, 1.82) is 0 Å². The van der Waals surface area contributed by atoms with Gasteiger partial charge in [0.2, 0.25) is 5.91 Å². The fourth-order valence-corrected chi connectivity index (χ4v) is 5.44. The molecule has 0 spiro atoms. The predicted octanol–water partition coefficient (Wildman–Crippen LogP) is 5.04. The molecule has 0 aliphatic heterocycles. The predicted molar refractivity (Wildman–Crippen MR) is 130 cm³/mol. The van der Waals surface area contributed by atoms with Gasteiger partial charge in [0.05, 0.1) is 5.39 Å². The van der Waals surface area contributed by atoms with Gasteiger partial charge < -0.3 is 15.0 Å². The molecule has 1 amide bonds. The Labute approximate surface area is 199 Å². The standard InChI is InChI=1S/C26H24FN3O3S/c27-17-7-11-19(12-8-17)33-18-9-5-16(6-10-18)15-28-23(31)14-13-22-29-25(32)24-20-3-1-2-4-21(20)34-26(24)30-22/h5-12H,1-4,13-15H2,(H,28,31)(H,29,30,32). The Kier molecular flexibility index (Phi) is 6.40. The second kappa shape index (κ2) is 9.77. The van der Waals surface area contributed by atoms with Crippen molar-refractivity contribution in [2.45, 2.75) is 45.1 Å². The number of amides is 1. The molecule has 174 valence electrons. The second-order valence-electron chi connectivity index (χ2n) is 8.38. The second-order valence-corrected chi connectivity index (χ2v) is 9.46. The van der Waals surface area contributed by atoms with E-state index in [4.69, 9.17) is 4.74 Å². The number of thiophene rings is 1. The number of aryl methyl sites for hydroxylation is 3. The minimum atomic E-state index is -0.314. The Hall–Kier alpha value is -3.52. The Morgan fingerprint density at radius 2 is 1.76 bits per heavy atom. The Morgan fingerprint density at radius 3 is 2.53 bits per heavy atom. The van der Waals surface area contributed by atoms with E-state index in [-0.39, 0.29) is 23.7 Å². The van der Waals surface area contributed by atoms with Crippen LogP contribution in [0.15, 0.2) is 53.3 Å². The molecule has 0 fully saturated rings. The van der Waals surface area contributed by atoms with Gasteiger partial charge in [0.15, 0.2) is 0 Å². The molecule has 2 aromatic carbocycles. The molecule has 8 heteroatoms. The number of nitrogens with one attached hydrogen (secondary N) is 2. The van der Waals surface area contributed by atoms with Crippen LogP contribution in [-0.2, 0) is 30.6 Å². The van der Waals surface area contributed by atoms with Crippen LogP contribution in [-0.4, -0.2) is 15.9 Å². The van der Waals surface area contributed by atoms with Crippen molar-refractivity contribution in [3.05, 3.63) is 86.5 Å². The highest BCUT2D eigenvalue weighted by atomic mass is 32.1. The van der Waals surface area contributed by atoms with Gasteiger partial charge in [0.1, 0.15) is 28.0 Å². The van der Waals surface area contributed by atoms with Crippen molar-refractivity contribution in [2.75, 3.05) is 0 Å². The summed E-state index contributed by atoms with van der Waals surface area (Å²) in [6, 6.07) is 13.2. The summed E-state index contributed by atoms with van der Waals surface area (Å²) >= 11 is 1.61. The third-order valence-electron chi connectivity index (χ3n) is 5.93. The van der Waals surface area contributed by atoms with Gasteiger partial charge in [-0.3, -0.25) is 9.59 Å². The van der Waals surface area contributed by atoms with E-state index in [1.54, 1.807) is 35.6 Å². The number of carbonyl (C=O) groups excluding carboxylic acids is 1. The lowest BCUT2D eigenvalue weighted by Crippen LogP contribution is -2.23. The smallest absolute Gasteiger partial charge is 0.259 e. The van der Waals surface area contributed by atoms with Gasteiger partial charge in [-0.2, -0.15) is 0 Å². The van der Waals surface area contributed by atoms with Crippen molar-refractivity contribution in [3.8, 4) is 11.5 Å². The molecule has 34 heavy (non-hydrogen) atoms. The van der Waals surface area contributed by atoms with Crippen molar-refractivity contribution < 1.29 is 13.9 Å². The van der Waals surface area contributed by atoms with Crippen LogP contribution < -0.4 is 15.6 Å². The summed E-state index contributed by atoms with van der Waals surface area (Å²) in [5.74, 6) is 1.30. The van der Waals surface area contributed by atoms with Crippen molar-refractivity contribution in [2.24, 2.45) is 0 Å². The van der Waals surface area contributed by atoms with E-state index in [1.165, 1.54) is 22.6 Å². The summed E-state index contributed by atoms with van der Waals surface area (Å²) in [7, 11) is 0. The van der Waals surface area contributed by atoms with E-state index in [0.29, 0.717) is 30.3 Å². The van der Waals surface area contributed by atoms with Crippen LogP contribution in [0.25, 0.3) is 10.2 Å². The molecule has 0 atom stereocenters. The van der Waals surface area contributed by atoms with Gasteiger partial charge in [-0.25, -0.2) is 9.37 Å². The van der Waals surface area contributed by atoms with Gasteiger partial charge in [0, 0.05) is 24.3 Å². The number of halogens is 1. The van der Waals surface area contributed by atoms with Gasteiger partial charge in [-0.15, -0.1) is 11.3 Å². The molecule has 0 radical (unpaired) electrons. The molecule has 6 nitrogen and oxygen atoms in total. The Balaban J connectivity index is 1.14. The number of hydrogen-bond donors (Lipinski definition) is 2. The first-order valence-electron chi connectivity index (χ1n) is 11.4. The maximum absolute atomic E-state index is 13.0. The lowest BCUT2D eigenvalue weighted by atomic mass is 9.97. The molecule has 0 unspecified atom stereocenters. The van der Waals surface area contributed by atoms with Crippen molar-refractivity contribution in [3.63, 3.8) is 0 Å². The number of fused-ring (bicyclic) bond motifs is 3. The molecule has 1 aliphatic rings. The van der Waals surface area contributed by atoms with E-state index in [1.807, 2.05) is 12.1 Å². The molecule has 2 heterocycles. The van der Waals surface area contributed by atoms with Gasteiger partial charge in [-0.05, 0) is 73.2 Å². The molecule has 0 saturated carbocycles. The summed E-state index contributed by atoms with van der Waals surface area (Å²) in [6.07, 6.45) is 4.86. The quantitative estimate of drug-likeness (QED) is 0.390. The van der Waals surface area contributed by atoms with E-state index < -0.39 is 0 Å². The van der Waals surface area contributed by atoms with Gasteiger partial charge in [-0.1, -0.05) is 12.1 Å². The summed E-state index contributed by atoms with van der Waals surface area (Å²) in [5.41, 5.74) is 2.00. The van der Waals surface area contributed by atoms with Crippen LogP contribution in [0.2, 0.25) is 0 Å². The highest BCUT2D eigenvalue weighted by Crippen LogP contribution is 2.33. The highest BCUT2D eigenvalue weighted by Gasteiger charge is 2.19. The van der Waals surface area contributed by atoms with E-state index >= 15 is 0 Å². The van der Waals surface area contributed by atoms with Crippen molar-refractivity contribution in [1.82, 2.24) is 15.3 Å². The van der Waals surface area contributed by atoms with E-state index in [0.717, 1.165) is 41.5 Å². The minimum absolute atomic E-state index is 0.0947. The maximum Gasteiger partial charge on any atom is 0.259 e. The van der Waals surface area contributed by atoms with Crippen LogP contribution in [0.4, 0.5) is 4.39 Å². The topological polar surface area (TPSA) is 84.1 Å². The average Bonchev–Trinajstić information content (AvgIpc) is 3.23. The minimum Gasteiger partial charge on any atom is -0.457 e. The summed E-state index contributed by atoms with van der Waals surface area (Å²) < 4.78 is 18.7. The molecule has 5 rings (SSSR count). The normalized spacial score (nSPS) is 13.0. The number of carbonyl (C=O) groups is 1. The molecule has 1 aliphatic carbocycles. The summed E-state index contributed by atoms with van der Waals surface area (Å²) in [5, 5.41) is 3.63. The van der Waals surface area contributed by atoms with Crippen LogP contribution in [0.3, 0.4) is 0 Å². The molecule has 2 aromatic heterocycles. The molecule has 2 N–H and O–H groups in total. The van der Waals surface area contributed by atoms with Crippen LogP contribution in [0, 0.1) is 5.82 Å². The third-order valence-corrected chi connectivity index (χ3v) is 7.11. The van der Waals surface area contributed by atoms with E-state index in [2.05, 4.69) is 15.3 Å². The average molecular weight is 478 g/mol. The number of H-pyrrole nitrogens is 1. The number of ether oxygens (including phenoxy) is 1. The van der Waals surface area contributed by atoms with E-state index in [9.17, 15) is 14.0 Å². The third kappa shape index (κ3) is 5.02. The van der Waals surface area contributed by atoms with Crippen molar-refractivity contribution >= 4 is 27.5 Å². The molecule has 0 saturated heterocycles. The summed E-state index contributed by atoms with van der Waals surface area (Å²) in [4.78, 5) is 34.5. The number of aromatic amines is 1. The lowest BCUT2D eigenvalue weighted by Gasteiger charge is -2.09. The molecular weight excluding hydrogens is 453 g/mol. The fraction of sp³-hybridized carbons (Fsp3) is 0.269. The zero-order chi connectivity index (χ0) is 23.5. The molecule has 0 bridgehead atoms. The largest absolute Gasteiger partial charge is 0.457 e. The monoisotopic (exact) mass is 477 g/mol. The lowest BCUT2D eigenvalue weighted by molar-refractivity contribution is -0.121. The Bertz CT molecular complexity index is 1380. The zero-order valence-corrected chi connectivity index (χ0v) is 19.3. The van der Waals surface area contributed by atoms with Crippen LogP contribution >= 0.6 is 11.3 Å².